The van der Waals surface area contributed by atoms with E-state index in [4.69, 9.17) is 10.5 Å². The van der Waals surface area contributed by atoms with Crippen molar-refractivity contribution in [2.45, 2.75) is 44.2 Å². The van der Waals surface area contributed by atoms with E-state index in [-0.39, 0.29) is 0 Å². The minimum atomic E-state index is 0.475. The highest BCUT2D eigenvalue weighted by Gasteiger charge is 2.33. The van der Waals surface area contributed by atoms with Gasteiger partial charge in [-0.05, 0) is 51.6 Å². The maximum absolute atomic E-state index is 5.76. The van der Waals surface area contributed by atoms with Crippen LogP contribution in [0.4, 0.5) is 0 Å². The van der Waals surface area contributed by atoms with Crippen LogP contribution in [0.25, 0.3) is 0 Å². The highest BCUT2D eigenvalue weighted by molar-refractivity contribution is 4.89. The van der Waals surface area contributed by atoms with Crippen LogP contribution >= 0.6 is 0 Å². The summed E-state index contributed by atoms with van der Waals surface area (Å²) in [6.45, 7) is 2.91. The van der Waals surface area contributed by atoms with Gasteiger partial charge in [-0.25, -0.2) is 0 Å². The van der Waals surface area contributed by atoms with Crippen molar-refractivity contribution in [3.05, 3.63) is 0 Å². The largest absolute Gasteiger partial charge is 0.377 e. The molecule has 2 aliphatic rings. The van der Waals surface area contributed by atoms with E-state index in [1.54, 1.807) is 0 Å². The smallest absolute Gasteiger partial charge is 0.0702 e. The van der Waals surface area contributed by atoms with Crippen molar-refractivity contribution >= 4 is 0 Å². The van der Waals surface area contributed by atoms with Crippen molar-refractivity contribution in [1.82, 2.24) is 4.90 Å². The predicted octanol–water partition coefficient (Wildman–Crippen LogP) is 1.22. The number of rotatable bonds is 4. The van der Waals surface area contributed by atoms with Crippen molar-refractivity contribution in [2.75, 3.05) is 26.7 Å². The first-order chi connectivity index (χ1) is 7.31. The zero-order valence-corrected chi connectivity index (χ0v) is 9.82. The Morgan fingerprint density at radius 1 is 1.27 bits per heavy atom. The molecule has 88 valence electrons. The summed E-state index contributed by atoms with van der Waals surface area (Å²) in [4.78, 5) is 2.47. The van der Waals surface area contributed by atoms with E-state index in [0.717, 1.165) is 31.7 Å². The SMILES string of the molecule is CN(CC1CCCCO1)C1CCC1CN. The summed E-state index contributed by atoms with van der Waals surface area (Å²) in [6.07, 6.45) is 6.94. The molecule has 1 aliphatic carbocycles. The molecule has 0 aromatic rings. The fourth-order valence-corrected chi connectivity index (χ4v) is 2.81. The van der Waals surface area contributed by atoms with Gasteiger partial charge < -0.3 is 15.4 Å². The third-order valence-electron chi connectivity index (χ3n) is 4.01. The minimum Gasteiger partial charge on any atom is -0.377 e. The molecule has 0 bridgehead atoms. The number of nitrogens with zero attached hydrogens (tertiary/aromatic N) is 1. The number of hydrogen-bond acceptors (Lipinski definition) is 3. The molecule has 0 amide bonds. The van der Waals surface area contributed by atoms with Crippen molar-refractivity contribution in [3.8, 4) is 0 Å². The van der Waals surface area contributed by atoms with Crippen LogP contribution in [0.1, 0.15) is 32.1 Å². The standard InChI is InChI=1S/C12H24N2O/c1-14(12-6-5-10(12)8-13)9-11-4-2-3-7-15-11/h10-12H,2-9,13H2,1H3. The van der Waals surface area contributed by atoms with Crippen molar-refractivity contribution in [2.24, 2.45) is 11.7 Å². The lowest BCUT2D eigenvalue weighted by molar-refractivity contribution is -0.0243. The summed E-state index contributed by atoms with van der Waals surface area (Å²) >= 11 is 0. The monoisotopic (exact) mass is 212 g/mol. The first-order valence-electron chi connectivity index (χ1n) is 6.33. The maximum Gasteiger partial charge on any atom is 0.0702 e. The highest BCUT2D eigenvalue weighted by atomic mass is 16.5. The summed E-state index contributed by atoms with van der Waals surface area (Å²) in [5, 5.41) is 0. The van der Waals surface area contributed by atoms with Crippen LogP contribution in [0.5, 0.6) is 0 Å². The minimum absolute atomic E-state index is 0.475. The molecular weight excluding hydrogens is 188 g/mol. The van der Waals surface area contributed by atoms with Crippen LogP contribution in [0, 0.1) is 5.92 Å². The average molecular weight is 212 g/mol. The van der Waals surface area contributed by atoms with E-state index in [9.17, 15) is 0 Å². The summed E-state index contributed by atoms with van der Waals surface area (Å²) in [7, 11) is 2.23. The second-order valence-corrected chi connectivity index (χ2v) is 5.07. The van der Waals surface area contributed by atoms with E-state index in [2.05, 4.69) is 11.9 Å². The van der Waals surface area contributed by atoms with Crippen LogP contribution in [-0.4, -0.2) is 43.8 Å². The fourth-order valence-electron chi connectivity index (χ4n) is 2.81. The normalized spacial score (nSPS) is 36.6. The van der Waals surface area contributed by atoms with E-state index >= 15 is 0 Å². The predicted molar refractivity (Wildman–Crippen MR) is 61.8 cm³/mol. The third-order valence-corrected chi connectivity index (χ3v) is 4.01. The maximum atomic E-state index is 5.76. The Hall–Kier alpha value is -0.120. The molecule has 0 aromatic carbocycles. The van der Waals surface area contributed by atoms with Gasteiger partial charge in [0.05, 0.1) is 6.10 Å². The molecule has 2 fully saturated rings. The molecule has 0 aromatic heterocycles. The van der Waals surface area contributed by atoms with Crippen molar-refractivity contribution in [3.63, 3.8) is 0 Å². The molecule has 1 aliphatic heterocycles. The van der Waals surface area contributed by atoms with E-state index in [1.165, 1.54) is 32.1 Å². The molecule has 3 unspecified atom stereocenters. The zero-order valence-electron chi connectivity index (χ0n) is 9.82. The first kappa shape index (κ1) is 11.4. The van der Waals surface area contributed by atoms with Crippen molar-refractivity contribution < 1.29 is 4.74 Å². The number of nitrogens with two attached hydrogens (primary N) is 1. The van der Waals surface area contributed by atoms with Gasteiger partial charge >= 0.3 is 0 Å². The van der Waals surface area contributed by atoms with Gasteiger partial charge in [-0.2, -0.15) is 0 Å². The Balaban J connectivity index is 1.73. The lowest BCUT2D eigenvalue weighted by Crippen LogP contribution is -2.50. The van der Waals surface area contributed by atoms with Gasteiger partial charge in [0.2, 0.25) is 0 Å². The third kappa shape index (κ3) is 2.71. The van der Waals surface area contributed by atoms with E-state index in [0.29, 0.717) is 6.10 Å². The Bertz CT molecular complexity index is 190. The molecule has 3 nitrogen and oxygen atoms in total. The lowest BCUT2D eigenvalue weighted by atomic mass is 9.78. The molecule has 1 heterocycles. The van der Waals surface area contributed by atoms with Gasteiger partial charge in [0, 0.05) is 19.2 Å². The molecule has 3 heteroatoms. The Morgan fingerprint density at radius 2 is 2.13 bits per heavy atom. The number of ether oxygens (including phenoxy) is 1. The quantitative estimate of drug-likeness (QED) is 0.761. The first-order valence-corrected chi connectivity index (χ1v) is 6.33. The molecule has 2 rings (SSSR count). The zero-order chi connectivity index (χ0) is 10.7. The molecule has 0 radical (unpaired) electrons. The Morgan fingerprint density at radius 3 is 2.67 bits per heavy atom. The lowest BCUT2D eigenvalue weighted by Gasteiger charge is -2.43. The Labute approximate surface area is 93.0 Å². The summed E-state index contributed by atoms with van der Waals surface area (Å²) in [5.74, 6) is 0.735. The van der Waals surface area contributed by atoms with E-state index < -0.39 is 0 Å². The van der Waals surface area contributed by atoms with Gasteiger partial charge in [-0.1, -0.05) is 0 Å². The van der Waals surface area contributed by atoms with Gasteiger partial charge in [0.1, 0.15) is 0 Å². The van der Waals surface area contributed by atoms with Crippen LogP contribution in [0.3, 0.4) is 0 Å². The number of likely N-dealkylation sites (N-methyl/N-ethyl adjacent to an activating group) is 1. The summed E-state index contributed by atoms with van der Waals surface area (Å²) in [5.41, 5.74) is 5.74. The second kappa shape index (κ2) is 5.28. The summed E-state index contributed by atoms with van der Waals surface area (Å²) in [6, 6.07) is 0.723. The van der Waals surface area contributed by atoms with Gasteiger partial charge in [-0.15, -0.1) is 0 Å². The molecule has 1 saturated heterocycles. The number of hydrogen-bond donors (Lipinski definition) is 1. The van der Waals surface area contributed by atoms with Crippen LogP contribution in [0.2, 0.25) is 0 Å². The molecular formula is C12H24N2O. The van der Waals surface area contributed by atoms with Gasteiger partial charge in [-0.3, -0.25) is 0 Å². The van der Waals surface area contributed by atoms with Crippen LogP contribution in [-0.2, 0) is 4.74 Å². The van der Waals surface area contributed by atoms with Crippen LogP contribution in [0.15, 0.2) is 0 Å². The van der Waals surface area contributed by atoms with Crippen LogP contribution < -0.4 is 5.73 Å². The fraction of sp³-hybridized carbons (Fsp3) is 1.00. The Kier molecular flexibility index (Phi) is 4.00. The van der Waals surface area contributed by atoms with Gasteiger partial charge in [0.25, 0.3) is 0 Å². The molecule has 15 heavy (non-hydrogen) atoms. The van der Waals surface area contributed by atoms with Gasteiger partial charge in [0.15, 0.2) is 0 Å². The highest BCUT2D eigenvalue weighted by Crippen LogP contribution is 2.31. The van der Waals surface area contributed by atoms with E-state index in [1.807, 2.05) is 0 Å². The topological polar surface area (TPSA) is 38.5 Å². The average Bonchev–Trinajstić information content (AvgIpc) is 2.18. The molecule has 0 spiro atoms. The van der Waals surface area contributed by atoms with Crippen molar-refractivity contribution in [1.29, 1.82) is 0 Å². The molecule has 1 saturated carbocycles. The summed E-state index contributed by atoms with van der Waals surface area (Å²) < 4.78 is 5.76. The molecule has 3 atom stereocenters. The second-order valence-electron chi connectivity index (χ2n) is 5.07. The molecule has 2 N–H and O–H groups in total.